The molecule has 0 spiro atoms. The second-order valence-corrected chi connectivity index (χ2v) is 6.54. The van der Waals surface area contributed by atoms with Gasteiger partial charge in [0.05, 0.1) is 5.75 Å². The first-order valence-corrected chi connectivity index (χ1v) is 7.81. The molecule has 0 atom stereocenters. The number of unbranched alkanes of at least 4 members (excludes halogenated alkanes) is 1. The van der Waals surface area contributed by atoms with E-state index in [-0.39, 0.29) is 12.4 Å². The molecule has 0 heterocycles. The van der Waals surface area contributed by atoms with E-state index in [1.165, 1.54) is 0 Å². The van der Waals surface area contributed by atoms with Gasteiger partial charge in [-0.25, -0.2) is 13.1 Å². The molecule has 17 heavy (non-hydrogen) atoms. The van der Waals surface area contributed by atoms with Crippen molar-refractivity contribution in [3.8, 4) is 0 Å². The highest BCUT2D eigenvalue weighted by atomic mass is 79.9. The molecule has 0 aliphatic carbocycles. The van der Waals surface area contributed by atoms with Crippen molar-refractivity contribution in [2.24, 2.45) is 0 Å². The van der Waals surface area contributed by atoms with Crippen LogP contribution in [-0.2, 0) is 16.6 Å². The largest absolute Gasteiger partial charge is 0.396 e. The summed E-state index contributed by atoms with van der Waals surface area (Å²) in [7, 11) is -3.23. The number of rotatable bonds is 7. The molecule has 4 nitrogen and oxygen atoms in total. The molecule has 0 aliphatic rings. The van der Waals surface area contributed by atoms with Crippen molar-refractivity contribution in [3.05, 3.63) is 34.3 Å². The van der Waals surface area contributed by atoms with Crippen molar-refractivity contribution < 1.29 is 13.5 Å². The molecule has 0 radical (unpaired) electrons. The topological polar surface area (TPSA) is 66.4 Å². The maximum atomic E-state index is 11.5. The summed E-state index contributed by atoms with van der Waals surface area (Å²) in [6.07, 6.45) is 0.991. The number of hydrogen-bond donors (Lipinski definition) is 2. The molecule has 6 heteroatoms. The summed E-state index contributed by atoms with van der Waals surface area (Å²) < 4.78 is 26.6. The Hall–Kier alpha value is -0.430. The van der Waals surface area contributed by atoms with Crippen molar-refractivity contribution in [1.82, 2.24) is 4.72 Å². The van der Waals surface area contributed by atoms with Crippen molar-refractivity contribution in [1.29, 1.82) is 0 Å². The minimum atomic E-state index is -3.23. The number of hydrogen-bond acceptors (Lipinski definition) is 3. The normalized spacial score (nSPS) is 11.6. The van der Waals surface area contributed by atoms with Crippen LogP contribution in [0.25, 0.3) is 0 Å². The van der Waals surface area contributed by atoms with E-state index in [9.17, 15) is 8.42 Å². The molecule has 0 saturated heterocycles. The Morgan fingerprint density at radius 3 is 2.41 bits per heavy atom. The van der Waals surface area contributed by atoms with Crippen LogP contribution in [0.2, 0.25) is 0 Å². The number of aliphatic hydroxyl groups excluding tert-OH is 1. The maximum Gasteiger partial charge on any atom is 0.211 e. The van der Waals surface area contributed by atoms with Gasteiger partial charge >= 0.3 is 0 Å². The summed E-state index contributed by atoms with van der Waals surface area (Å²) >= 11 is 3.32. The van der Waals surface area contributed by atoms with Gasteiger partial charge in [-0.2, -0.15) is 0 Å². The van der Waals surface area contributed by atoms with Crippen LogP contribution in [0.3, 0.4) is 0 Å². The molecule has 1 aromatic rings. The zero-order valence-corrected chi connectivity index (χ0v) is 11.8. The third kappa shape index (κ3) is 6.16. The quantitative estimate of drug-likeness (QED) is 0.750. The van der Waals surface area contributed by atoms with E-state index in [1.54, 1.807) is 0 Å². The smallest absolute Gasteiger partial charge is 0.211 e. The Labute approximate surface area is 110 Å². The lowest BCUT2D eigenvalue weighted by atomic mass is 10.2. The summed E-state index contributed by atoms with van der Waals surface area (Å²) in [5.74, 6) is 0.0596. The van der Waals surface area contributed by atoms with E-state index < -0.39 is 10.0 Å². The second kappa shape index (κ2) is 7.10. The van der Waals surface area contributed by atoms with Gasteiger partial charge in [-0.1, -0.05) is 28.1 Å². The van der Waals surface area contributed by atoms with Gasteiger partial charge in [0, 0.05) is 17.6 Å². The fourth-order valence-electron chi connectivity index (χ4n) is 1.27. The van der Waals surface area contributed by atoms with Gasteiger partial charge in [0.15, 0.2) is 0 Å². The van der Waals surface area contributed by atoms with Crippen LogP contribution in [0.15, 0.2) is 28.7 Å². The highest BCUT2D eigenvalue weighted by Gasteiger charge is 2.08. The van der Waals surface area contributed by atoms with Gasteiger partial charge in [0.1, 0.15) is 0 Å². The van der Waals surface area contributed by atoms with E-state index in [4.69, 9.17) is 5.11 Å². The molecule has 0 amide bonds. The van der Waals surface area contributed by atoms with Gasteiger partial charge in [-0.15, -0.1) is 0 Å². The monoisotopic (exact) mass is 321 g/mol. The summed E-state index contributed by atoms with van der Waals surface area (Å²) in [6, 6.07) is 7.46. The third-order valence-electron chi connectivity index (χ3n) is 2.23. The maximum absolute atomic E-state index is 11.5. The number of sulfonamides is 1. The van der Waals surface area contributed by atoms with Gasteiger partial charge in [-0.05, 0) is 30.5 Å². The van der Waals surface area contributed by atoms with Crippen molar-refractivity contribution >= 4 is 26.0 Å². The van der Waals surface area contributed by atoms with Crippen LogP contribution >= 0.6 is 15.9 Å². The van der Waals surface area contributed by atoms with Crippen LogP contribution in [0.4, 0.5) is 0 Å². The number of benzene rings is 1. The zero-order chi connectivity index (χ0) is 12.7. The minimum Gasteiger partial charge on any atom is -0.396 e. The molecular formula is C11H16BrNO3S. The Morgan fingerprint density at radius 1 is 1.18 bits per heavy atom. The van der Waals surface area contributed by atoms with Crippen LogP contribution in [-0.4, -0.2) is 25.9 Å². The molecule has 2 N–H and O–H groups in total. The summed E-state index contributed by atoms with van der Waals surface area (Å²) in [4.78, 5) is 0. The van der Waals surface area contributed by atoms with E-state index in [2.05, 4.69) is 20.7 Å². The molecular weight excluding hydrogens is 306 g/mol. The summed E-state index contributed by atoms with van der Waals surface area (Å²) in [6.45, 7) is 0.330. The molecule has 0 saturated carbocycles. The molecule has 0 bridgehead atoms. The molecule has 0 aliphatic heterocycles. The predicted octanol–water partition coefficient (Wildman–Crippen LogP) is 1.64. The first-order chi connectivity index (χ1) is 8.03. The standard InChI is InChI=1S/C11H16BrNO3S/c12-11-5-3-10(4-6-11)9-13-17(15,16)8-2-1-7-14/h3-6,13-14H,1-2,7-9H2. The average Bonchev–Trinajstić information content (AvgIpc) is 2.29. The Kier molecular flexibility index (Phi) is 6.11. The van der Waals surface area contributed by atoms with E-state index in [0.29, 0.717) is 19.4 Å². The van der Waals surface area contributed by atoms with Crippen LogP contribution in [0.1, 0.15) is 18.4 Å². The van der Waals surface area contributed by atoms with Gasteiger partial charge < -0.3 is 5.11 Å². The first kappa shape index (κ1) is 14.6. The predicted molar refractivity (Wildman–Crippen MR) is 71.1 cm³/mol. The second-order valence-electron chi connectivity index (χ2n) is 3.70. The van der Waals surface area contributed by atoms with Crippen molar-refractivity contribution in [2.45, 2.75) is 19.4 Å². The summed E-state index contributed by atoms with van der Waals surface area (Å²) in [5, 5.41) is 8.58. The summed E-state index contributed by atoms with van der Waals surface area (Å²) in [5.41, 5.74) is 0.916. The van der Waals surface area contributed by atoms with Gasteiger partial charge in [0.25, 0.3) is 0 Å². The Bertz CT molecular complexity index is 431. The fraction of sp³-hybridized carbons (Fsp3) is 0.455. The molecule has 0 aromatic heterocycles. The lowest BCUT2D eigenvalue weighted by molar-refractivity contribution is 0.287. The van der Waals surface area contributed by atoms with Crippen molar-refractivity contribution in [2.75, 3.05) is 12.4 Å². The van der Waals surface area contributed by atoms with Crippen LogP contribution < -0.4 is 4.72 Å². The van der Waals surface area contributed by atoms with Crippen LogP contribution in [0, 0.1) is 0 Å². The third-order valence-corrected chi connectivity index (χ3v) is 4.17. The number of aliphatic hydroxyl groups is 1. The number of nitrogens with one attached hydrogen (secondary N) is 1. The average molecular weight is 322 g/mol. The zero-order valence-electron chi connectivity index (χ0n) is 9.39. The van der Waals surface area contributed by atoms with Crippen LogP contribution in [0.5, 0.6) is 0 Å². The minimum absolute atomic E-state index is 0.0300. The van der Waals surface area contributed by atoms with Crippen molar-refractivity contribution in [3.63, 3.8) is 0 Å². The fourth-order valence-corrected chi connectivity index (χ4v) is 2.65. The highest BCUT2D eigenvalue weighted by Crippen LogP contribution is 2.10. The molecule has 0 unspecified atom stereocenters. The lowest BCUT2D eigenvalue weighted by Gasteiger charge is -2.06. The first-order valence-electron chi connectivity index (χ1n) is 5.36. The molecule has 1 aromatic carbocycles. The highest BCUT2D eigenvalue weighted by molar-refractivity contribution is 9.10. The molecule has 1 rings (SSSR count). The van der Waals surface area contributed by atoms with E-state index in [1.807, 2.05) is 24.3 Å². The van der Waals surface area contributed by atoms with Gasteiger partial charge in [-0.3, -0.25) is 0 Å². The Balaban J connectivity index is 2.41. The number of halogens is 1. The Morgan fingerprint density at radius 2 is 1.82 bits per heavy atom. The van der Waals surface area contributed by atoms with E-state index in [0.717, 1.165) is 10.0 Å². The SMILES string of the molecule is O=S(=O)(CCCCO)NCc1ccc(Br)cc1. The molecule has 96 valence electrons. The molecule has 0 fully saturated rings. The van der Waals surface area contributed by atoms with Gasteiger partial charge in [0.2, 0.25) is 10.0 Å². The van der Waals surface area contributed by atoms with E-state index >= 15 is 0 Å². The lowest BCUT2D eigenvalue weighted by Crippen LogP contribution is -2.26.